The van der Waals surface area contributed by atoms with Crippen molar-refractivity contribution in [2.75, 3.05) is 0 Å². The fourth-order valence-corrected chi connectivity index (χ4v) is 2.92. The highest BCUT2D eigenvalue weighted by Gasteiger charge is 2.39. The number of halogens is 1. The Morgan fingerprint density at radius 2 is 2.28 bits per heavy atom. The minimum atomic E-state index is -1.39. The maximum atomic E-state index is 15.0. The van der Waals surface area contributed by atoms with Gasteiger partial charge in [-0.1, -0.05) is 18.2 Å². The maximum absolute atomic E-state index is 15.0. The van der Waals surface area contributed by atoms with Crippen LogP contribution in [0.4, 0.5) is 4.39 Å². The molecule has 2 atom stereocenters. The Hall–Kier alpha value is -1.35. The molecule has 1 aromatic carbocycles. The predicted molar refractivity (Wildman–Crippen MR) is 70.2 cm³/mol. The Bertz CT molecular complexity index is 577. The minimum absolute atomic E-state index is 0.0574. The second-order valence-electron chi connectivity index (χ2n) is 5.43. The summed E-state index contributed by atoms with van der Waals surface area (Å²) in [6, 6.07) is 7.68. The molecule has 96 valence electrons. The molecule has 0 bridgehead atoms. The monoisotopic (exact) mass is 247 g/mol. The van der Waals surface area contributed by atoms with E-state index >= 15 is 0 Å². The molecule has 2 unspecified atom stereocenters. The summed E-state index contributed by atoms with van der Waals surface area (Å²) in [4.78, 5) is 0. The summed E-state index contributed by atoms with van der Waals surface area (Å²) in [5.74, 6) is 0.446. The smallest absolute Gasteiger partial charge is 0.169 e. The first-order valence-electron chi connectivity index (χ1n) is 6.53. The third kappa shape index (κ3) is 1.83. The molecule has 1 aliphatic rings. The number of furan rings is 1. The summed E-state index contributed by atoms with van der Waals surface area (Å²) < 4.78 is 20.7. The fourth-order valence-electron chi connectivity index (χ4n) is 2.92. The molecule has 18 heavy (non-hydrogen) atoms. The average molecular weight is 247 g/mol. The van der Waals surface area contributed by atoms with Gasteiger partial charge in [-0.3, -0.25) is 0 Å². The Balaban J connectivity index is 2.06. The second kappa shape index (κ2) is 4.09. The van der Waals surface area contributed by atoms with Crippen molar-refractivity contribution in [2.24, 2.45) is 5.73 Å². The van der Waals surface area contributed by atoms with Crippen molar-refractivity contribution >= 4 is 11.0 Å². The lowest BCUT2D eigenvalue weighted by Gasteiger charge is -2.31. The molecule has 3 rings (SSSR count). The highest BCUT2D eigenvalue weighted by molar-refractivity contribution is 5.81. The van der Waals surface area contributed by atoms with Crippen molar-refractivity contribution in [1.29, 1.82) is 0 Å². The molecule has 0 amide bonds. The van der Waals surface area contributed by atoms with Gasteiger partial charge >= 0.3 is 0 Å². The average Bonchev–Trinajstić information content (AvgIpc) is 2.75. The normalized spacial score (nSPS) is 28.7. The molecule has 3 heteroatoms. The first kappa shape index (κ1) is 11.7. The number of rotatable bonds is 1. The lowest BCUT2D eigenvalue weighted by atomic mass is 9.82. The molecule has 0 saturated heterocycles. The van der Waals surface area contributed by atoms with Crippen LogP contribution in [-0.2, 0) is 5.67 Å². The Kier molecular flexibility index (Phi) is 2.67. The number of alkyl halides is 1. The van der Waals surface area contributed by atoms with Crippen molar-refractivity contribution in [1.82, 2.24) is 0 Å². The van der Waals surface area contributed by atoms with Crippen molar-refractivity contribution in [3.63, 3.8) is 0 Å². The summed E-state index contributed by atoms with van der Waals surface area (Å²) in [6.45, 7) is 1.98. The van der Waals surface area contributed by atoms with Gasteiger partial charge in [-0.15, -0.1) is 0 Å². The molecular weight excluding hydrogens is 229 g/mol. The van der Waals surface area contributed by atoms with Crippen LogP contribution in [0.5, 0.6) is 0 Å². The van der Waals surface area contributed by atoms with Gasteiger partial charge in [-0.25, -0.2) is 4.39 Å². The first-order valence-corrected chi connectivity index (χ1v) is 6.53. The molecule has 2 aromatic rings. The van der Waals surface area contributed by atoms with E-state index in [1.54, 1.807) is 0 Å². The zero-order valence-corrected chi connectivity index (χ0v) is 10.6. The van der Waals surface area contributed by atoms with Crippen molar-refractivity contribution < 1.29 is 8.81 Å². The van der Waals surface area contributed by atoms with Gasteiger partial charge in [0.1, 0.15) is 11.3 Å². The molecule has 1 fully saturated rings. The molecule has 0 radical (unpaired) electrons. The van der Waals surface area contributed by atoms with E-state index < -0.39 is 5.67 Å². The van der Waals surface area contributed by atoms with Gasteiger partial charge in [0.05, 0.1) is 0 Å². The molecule has 1 saturated carbocycles. The molecule has 2 N–H and O–H groups in total. The Morgan fingerprint density at radius 3 is 3.00 bits per heavy atom. The van der Waals surface area contributed by atoms with E-state index in [1.807, 2.05) is 31.2 Å². The molecule has 1 aromatic heterocycles. The minimum Gasteiger partial charge on any atom is -0.457 e. The van der Waals surface area contributed by atoms with Gasteiger partial charge in [-0.2, -0.15) is 0 Å². The molecule has 0 aliphatic heterocycles. The number of nitrogens with two attached hydrogens (primary N) is 1. The third-order valence-corrected chi connectivity index (χ3v) is 3.92. The zero-order valence-electron chi connectivity index (χ0n) is 10.6. The summed E-state index contributed by atoms with van der Waals surface area (Å²) in [7, 11) is 0. The van der Waals surface area contributed by atoms with Crippen molar-refractivity contribution in [3.05, 3.63) is 35.6 Å². The van der Waals surface area contributed by atoms with E-state index in [0.717, 1.165) is 29.4 Å². The van der Waals surface area contributed by atoms with Crippen LogP contribution < -0.4 is 5.73 Å². The lowest BCUT2D eigenvalue weighted by molar-refractivity contribution is 0.0709. The van der Waals surface area contributed by atoms with E-state index in [2.05, 4.69) is 0 Å². The second-order valence-corrected chi connectivity index (χ2v) is 5.43. The molecule has 0 spiro atoms. The number of fused-ring (bicyclic) bond motifs is 1. The standard InChI is InChI=1S/C15H18FNO/c1-10-4-2-5-11-8-13(18-14(10)11)15(16)7-3-6-12(17)9-15/h2,4-5,8,12H,3,6-7,9,17H2,1H3. The quantitative estimate of drug-likeness (QED) is 0.832. The third-order valence-electron chi connectivity index (χ3n) is 3.92. The van der Waals surface area contributed by atoms with Crippen LogP contribution in [0, 0.1) is 6.92 Å². The topological polar surface area (TPSA) is 39.2 Å². The van der Waals surface area contributed by atoms with Crippen molar-refractivity contribution in [3.8, 4) is 0 Å². The number of aryl methyl sites for hydroxylation is 1. The number of hydrogen-bond donors (Lipinski definition) is 1. The highest BCUT2D eigenvalue weighted by Crippen LogP contribution is 2.42. The largest absolute Gasteiger partial charge is 0.457 e. The highest BCUT2D eigenvalue weighted by atomic mass is 19.1. The van der Waals surface area contributed by atoms with Crippen LogP contribution in [-0.4, -0.2) is 6.04 Å². The molecule has 1 heterocycles. The SMILES string of the molecule is Cc1cccc2cc(C3(F)CCCC(N)C3)oc12. The zero-order chi connectivity index (χ0) is 12.8. The lowest BCUT2D eigenvalue weighted by Crippen LogP contribution is -2.35. The molecule has 1 aliphatic carbocycles. The van der Waals surface area contributed by atoms with Gasteiger partial charge in [0.2, 0.25) is 0 Å². The molecule has 2 nitrogen and oxygen atoms in total. The predicted octanol–water partition coefficient (Wildman–Crippen LogP) is 3.81. The van der Waals surface area contributed by atoms with Crippen LogP contribution in [0.2, 0.25) is 0 Å². The summed E-state index contributed by atoms with van der Waals surface area (Å²) in [5, 5.41) is 0.973. The van der Waals surface area contributed by atoms with Gasteiger partial charge in [-0.05, 0) is 37.8 Å². The van der Waals surface area contributed by atoms with Crippen LogP contribution in [0.3, 0.4) is 0 Å². The van der Waals surface area contributed by atoms with Gasteiger partial charge in [0.15, 0.2) is 5.67 Å². The van der Waals surface area contributed by atoms with E-state index in [-0.39, 0.29) is 6.04 Å². The van der Waals surface area contributed by atoms with E-state index in [0.29, 0.717) is 18.6 Å². The van der Waals surface area contributed by atoms with Crippen LogP contribution in [0.15, 0.2) is 28.7 Å². The summed E-state index contributed by atoms with van der Waals surface area (Å²) in [5.41, 5.74) is 6.34. The van der Waals surface area contributed by atoms with E-state index in [4.69, 9.17) is 10.2 Å². The van der Waals surface area contributed by atoms with Gasteiger partial charge < -0.3 is 10.2 Å². The van der Waals surface area contributed by atoms with E-state index in [9.17, 15) is 4.39 Å². The Morgan fingerprint density at radius 1 is 1.44 bits per heavy atom. The van der Waals surface area contributed by atoms with E-state index in [1.165, 1.54) is 0 Å². The van der Waals surface area contributed by atoms with Gasteiger partial charge in [0, 0.05) is 17.8 Å². The van der Waals surface area contributed by atoms with Gasteiger partial charge in [0.25, 0.3) is 0 Å². The van der Waals surface area contributed by atoms with Crippen molar-refractivity contribution in [2.45, 2.75) is 44.3 Å². The summed E-state index contributed by atoms with van der Waals surface area (Å²) >= 11 is 0. The molecular formula is C15H18FNO. The van der Waals surface area contributed by atoms with Crippen LogP contribution in [0.25, 0.3) is 11.0 Å². The maximum Gasteiger partial charge on any atom is 0.169 e. The number of hydrogen-bond acceptors (Lipinski definition) is 2. The fraction of sp³-hybridized carbons (Fsp3) is 0.467. The first-order chi connectivity index (χ1) is 8.58. The Labute approximate surface area is 106 Å². The van der Waals surface area contributed by atoms with Crippen LogP contribution >= 0.6 is 0 Å². The van der Waals surface area contributed by atoms with Crippen LogP contribution in [0.1, 0.15) is 37.0 Å². The number of para-hydroxylation sites is 1. The summed E-state index contributed by atoms with van der Waals surface area (Å²) in [6.07, 6.45) is 2.62. The number of benzene rings is 1.